The molecule has 0 fully saturated rings. The van der Waals surface area contributed by atoms with Crippen LogP contribution in [-0.2, 0) is 0 Å². The van der Waals surface area contributed by atoms with Crippen LogP contribution in [0.4, 0.5) is 0 Å². The monoisotopic (exact) mass is 157 g/mol. The van der Waals surface area contributed by atoms with Gasteiger partial charge >= 0.3 is 0 Å². The topological polar surface area (TPSA) is 12.0 Å². The quantitative estimate of drug-likeness (QED) is 0.647. The predicted octanol–water partition coefficient (Wildman–Crippen LogP) is 2.81. The van der Waals surface area contributed by atoms with Crippen LogP contribution in [0.25, 0.3) is 0 Å². The molecule has 2 unspecified atom stereocenters. The second-order valence-electron chi connectivity index (χ2n) is 3.89. The molecule has 0 bridgehead atoms. The van der Waals surface area contributed by atoms with Crippen molar-refractivity contribution in [3.63, 3.8) is 0 Å². The molecule has 0 saturated carbocycles. The zero-order valence-corrected chi connectivity index (χ0v) is 8.65. The summed E-state index contributed by atoms with van der Waals surface area (Å²) in [6.07, 6.45) is 2.57. The summed E-state index contributed by atoms with van der Waals surface area (Å²) in [5, 5.41) is 3.58. The summed E-state index contributed by atoms with van der Waals surface area (Å²) in [6.45, 7) is 11.3. The van der Waals surface area contributed by atoms with Gasteiger partial charge in [0.05, 0.1) is 0 Å². The second-order valence-corrected chi connectivity index (χ2v) is 3.89. The van der Waals surface area contributed by atoms with Gasteiger partial charge < -0.3 is 5.32 Å². The molecular weight excluding hydrogens is 134 g/mol. The van der Waals surface area contributed by atoms with Crippen LogP contribution < -0.4 is 5.32 Å². The van der Waals surface area contributed by atoms with Gasteiger partial charge in [0, 0.05) is 12.1 Å². The van der Waals surface area contributed by atoms with Crippen LogP contribution in [-0.4, -0.2) is 12.1 Å². The highest BCUT2D eigenvalue weighted by molar-refractivity contribution is 4.69. The van der Waals surface area contributed by atoms with Crippen molar-refractivity contribution >= 4 is 0 Å². The molecule has 0 aromatic heterocycles. The van der Waals surface area contributed by atoms with E-state index in [4.69, 9.17) is 0 Å². The van der Waals surface area contributed by atoms with Crippen molar-refractivity contribution in [1.29, 1.82) is 0 Å². The molecule has 1 heteroatoms. The Labute approximate surface area is 71.6 Å². The molecule has 0 aliphatic heterocycles. The number of rotatable bonds is 5. The Bertz CT molecular complexity index is 88.9. The SMILES string of the molecule is CCCC(C)NC(C)C(C)C. The molecule has 0 aromatic carbocycles. The standard InChI is InChI=1S/C10H23N/c1-6-7-9(4)11-10(5)8(2)3/h8-11H,6-7H2,1-5H3. The first-order valence-corrected chi connectivity index (χ1v) is 4.84. The summed E-state index contributed by atoms with van der Waals surface area (Å²) in [6, 6.07) is 1.33. The number of hydrogen-bond donors (Lipinski definition) is 1. The average molecular weight is 157 g/mol. The van der Waals surface area contributed by atoms with Crippen molar-refractivity contribution in [2.24, 2.45) is 5.92 Å². The molecule has 2 atom stereocenters. The maximum atomic E-state index is 3.58. The van der Waals surface area contributed by atoms with Crippen LogP contribution in [0, 0.1) is 5.92 Å². The molecule has 0 radical (unpaired) electrons. The Balaban J connectivity index is 3.48. The molecule has 0 aliphatic rings. The van der Waals surface area contributed by atoms with Crippen LogP contribution in [0.3, 0.4) is 0 Å². The fourth-order valence-corrected chi connectivity index (χ4v) is 1.16. The molecule has 0 aromatic rings. The molecule has 1 N–H and O–H groups in total. The fourth-order valence-electron chi connectivity index (χ4n) is 1.16. The summed E-state index contributed by atoms with van der Waals surface area (Å²) >= 11 is 0. The highest BCUT2D eigenvalue weighted by Crippen LogP contribution is 2.03. The molecule has 11 heavy (non-hydrogen) atoms. The van der Waals surface area contributed by atoms with E-state index in [9.17, 15) is 0 Å². The van der Waals surface area contributed by atoms with Crippen molar-refractivity contribution in [3.05, 3.63) is 0 Å². The van der Waals surface area contributed by atoms with Crippen LogP contribution in [0.15, 0.2) is 0 Å². The van der Waals surface area contributed by atoms with Crippen LogP contribution in [0.2, 0.25) is 0 Å². The Kier molecular flexibility index (Phi) is 5.57. The smallest absolute Gasteiger partial charge is 0.00642 e. The molecular formula is C10H23N. The maximum Gasteiger partial charge on any atom is 0.00642 e. The van der Waals surface area contributed by atoms with Crippen LogP contribution in [0.1, 0.15) is 47.5 Å². The maximum absolute atomic E-state index is 3.58. The molecule has 1 nitrogen and oxygen atoms in total. The van der Waals surface area contributed by atoms with Crippen molar-refractivity contribution in [1.82, 2.24) is 5.32 Å². The minimum absolute atomic E-state index is 0.650. The van der Waals surface area contributed by atoms with Gasteiger partial charge in [0.15, 0.2) is 0 Å². The van der Waals surface area contributed by atoms with E-state index >= 15 is 0 Å². The summed E-state index contributed by atoms with van der Waals surface area (Å²) in [5.74, 6) is 0.745. The van der Waals surface area contributed by atoms with Gasteiger partial charge in [-0.3, -0.25) is 0 Å². The summed E-state index contributed by atoms with van der Waals surface area (Å²) in [4.78, 5) is 0. The number of nitrogens with one attached hydrogen (secondary N) is 1. The predicted molar refractivity (Wildman–Crippen MR) is 51.8 cm³/mol. The van der Waals surface area contributed by atoms with E-state index in [2.05, 4.69) is 39.9 Å². The minimum Gasteiger partial charge on any atom is -0.312 e. The van der Waals surface area contributed by atoms with Gasteiger partial charge in [-0.2, -0.15) is 0 Å². The summed E-state index contributed by atoms with van der Waals surface area (Å²) in [7, 11) is 0. The van der Waals surface area contributed by atoms with E-state index in [-0.39, 0.29) is 0 Å². The molecule has 0 spiro atoms. The van der Waals surface area contributed by atoms with Crippen molar-refractivity contribution in [2.45, 2.75) is 59.5 Å². The molecule has 0 saturated heterocycles. The van der Waals surface area contributed by atoms with Gasteiger partial charge in [-0.05, 0) is 26.2 Å². The van der Waals surface area contributed by atoms with E-state index in [0.717, 1.165) is 5.92 Å². The highest BCUT2D eigenvalue weighted by atomic mass is 14.9. The fraction of sp³-hybridized carbons (Fsp3) is 1.00. The van der Waals surface area contributed by atoms with E-state index in [0.29, 0.717) is 12.1 Å². The zero-order chi connectivity index (χ0) is 8.85. The van der Waals surface area contributed by atoms with E-state index in [1.165, 1.54) is 12.8 Å². The first-order valence-electron chi connectivity index (χ1n) is 4.84. The van der Waals surface area contributed by atoms with Gasteiger partial charge in [-0.1, -0.05) is 27.2 Å². The van der Waals surface area contributed by atoms with Gasteiger partial charge in [0.1, 0.15) is 0 Å². The minimum atomic E-state index is 0.650. The Morgan fingerprint density at radius 3 is 2.00 bits per heavy atom. The first kappa shape index (κ1) is 11.0. The third-order valence-electron chi connectivity index (χ3n) is 2.27. The molecule has 68 valence electrons. The lowest BCUT2D eigenvalue weighted by atomic mass is 10.0. The second kappa shape index (κ2) is 5.59. The van der Waals surface area contributed by atoms with Gasteiger partial charge in [0.25, 0.3) is 0 Å². The van der Waals surface area contributed by atoms with Gasteiger partial charge in [-0.25, -0.2) is 0 Å². The van der Waals surface area contributed by atoms with Crippen LogP contribution >= 0.6 is 0 Å². The third-order valence-corrected chi connectivity index (χ3v) is 2.27. The molecule has 0 amide bonds. The highest BCUT2D eigenvalue weighted by Gasteiger charge is 2.08. The average Bonchev–Trinajstić information content (AvgIpc) is 1.87. The Hall–Kier alpha value is -0.0400. The number of hydrogen-bond acceptors (Lipinski definition) is 1. The lowest BCUT2D eigenvalue weighted by Gasteiger charge is -2.22. The van der Waals surface area contributed by atoms with Gasteiger partial charge in [0.2, 0.25) is 0 Å². The Morgan fingerprint density at radius 1 is 1.09 bits per heavy atom. The largest absolute Gasteiger partial charge is 0.312 e. The van der Waals surface area contributed by atoms with E-state index in [1.807, 2.05) is 0 Å². The van der Waals surface area contributed by atoms with Gasteiger partial charge in [-0.15, -0.1) is 0 Å². The van der Waals surface area contributed by atoms with E-state index in [1.54, 1.807) is 0 Å². The first-order chi connectivity index (χ1) is 5.07. The molecule has 0 aliphatic carbocycles. The normalized spacial score (nSPS) is 16.9. The lowest BCUT2D eigenvalue weighted by molar-refractivity contribution is 0.371. The van der Waals surface area contributed by atoms with Crippen molar-refractivity contribution < 1.29 is 0 Å². The molecule has 0 heterocycles. The summed E-state index contributed by atoms with van der Waals surface area (Å²) < 4.78 is 0. The Morgan fingerprint density at radius 2 is 1.64 bits per heavy atom. The lowest BCUT2D eigenvalue weighted by Crippen LogP contribution is -2.37. The zero-order valence-electron chi connectivity index (χ0n) is 8.65. The third kappa shape index (κ3) is 5.25. The van der Waals surface area contributed by atoms with Crippen molar-refractivity contribution in [2.75, 3.05) is 0 Å². The summed E-state index contributed by atoms with van der Waals surface area (Å²) in [5.41, 5.74) is 0. The van der Waals surface area contributed by atoms with Crippen LogP contribution in [0.5, 0.6) is 0 Å². The van der Waals surface area contributed by atoms with E-state index < -0.39 is 0 Å². The molecule has 0 rings (SSSR count). The van der Waals surface area contributed by atoms with Crippen molar-refractivity contribution in [3.8, 4) is 0 Å².